The Kier molecular flexibility index (Phi) is 4.17. The summed E-state index contributed by atoms with van der Waals surface area (Å²) in [6.07, 6.45) is -5.33. The maximum absolute atomic E-state index is 13.0. The third-order valence-electron chi connectivity index (χ3n) is 1.72. The molecule has 3 nitrogen and oxygen atoms in total. The van der Waals surface area contributed by atoms with Gasteiger partial charge in [0.2, 0.25) is 34.8 Å². The van der Waals surface area contributed by atoms with Crippen LogP contribution in [0.5, 0.6) is 5.75 Å². The summed E-state index contributed by atoms with van der Waals surface area (Å²) in [6.45, 7) is 0. The van der Waals surface area contributed by atoms with Crippen LogP contribution in [0.2, 0.25) is 0 Å². The highest BCUT2D eigenvalue weighted by molar-refractivity contribution is 7.87. The smallest absolute Gasteiger partial charge is 0.376 e. The molecule has 0 saturated carbocycles. The van der Waals surface area contributed by atoms with Crippen molar-refractivity contribution in [1.82, 2.24) is 0 Å². The quantitative estimate of drug-likeness (QED) is 0.370. The summed E-state index contributed by atoms with van der Waals surface area (Å²) in [7, 11) is -5.64. The van der Waals surface area contributed by atoms with Crippen LogP contribution in [0.25, 0.3) is 0 Å². The van der Waals surface area contributed by atoms with E-state index >= 15 is 0 Å². The van der Waals surface area contributed by atoms with Gasteiger partial charge in [-0.15, -0.1) is 0 Å². The molecular weight excluding hydrogens is 328 g/mol. The molecule has 1 aromatic carbocycles. The molecule has 0 aliphatic carbocycles. The van der Waals surface area contributed by atoms with E-state index in [1.165, 1.54) is 0 Å². The first-order chi connectivity index (χ1) is 8.86. The van der Waals surface area contributed by atoms with Crippen LogP contribution in [0, 0.1) is 29.1 Å². The number of rotatable bonds is 3. The molecule has 0 unspecified atom stereocenters. The second kappa shape index (κ2) is 5.07. The number of halogens is 8. The van der Waals surface area contributed by atoms with Gasteiger partial charge in [0, 0.05) is 0 Å². The standard InChI is InChI=1S/C8H2F8O3S/c9-2-3(10)5(12)7(6(13)4(2)11)19-20(17,18)1-8(14,15)16/h1H2. The second-order valence-corrected chi connectivity index (χ2v) is 4.87. The van der Waals surface area contributed by atoms with Crippen LogP contribution < -0.4 is 4.18 Å². The van der Waals surface area contributed by atoms with E-state index in [2.05, 4.69) is 4.18 Å². The molecular formula is C8H2F8O3S. The van der Waals surface area contributed by atoms with Crippen LogP contribution >= 0.6 is 0 Å². The largest absolute Gasteiger partial charge is 0.406 e. The van der Waals surface area contributed by atoms with Crippen molar-refractivity contribution in [2.24, 2.45) is 0 Å². The van der Waals surface area contributed by atoms with Gasteiger partial charge in [-0.05, 0) is 0 Å². The second-order valence-electron chi connectivity index (χ2n) is 3.30. The Bertz CT molecular complexity index is 607. The van der Waals surface area contributed by atoms with Crippen molar-refractivity contribution in [3.05, 3.63) is 29.1 Å². The lowest BCUT2D eigenvalue weighted by Gasteiger charge is -2.11. The van der Waals surface area contributed by atoms with Crippen LogP contribution in [0.4, 0.5) is 35.1 Å². The maximum Gasteiger partial charge on any atom is 0.406 e. The van der Waals surface area contributed by atoms with E-state index < -0.39 is 56.9 Å². The van der Waals surface area contributed by atoms with E-state index in [0.29, 0.717) is 0 Å². The molecule has 0 fully saturated rings. The summed E-state index contributed by atoms with van der Waals surface area (Å²) in [6, 6.07) is 0. The Morgan fingerprint density at radius 3 is 1.50 bits per heavy atom. The molecule has 1 rings (SSSR count). The van der Waals surface area contributed by atoms with Gasteiger partial charge in [-0.1, -0.05) is 0 Å². The molecule has 0 bridgehead atoms. The molecule has 0 aromatic heterocycles. The van der Waals surface area contributed by atoms with Gasteiger partial charge >= 0.3 is 16.3 Å². The number of benzene rings is 1. The van der Waals surface area contributed by atoms with E-state index in [1.54, 1.807) is 0 Å². The molecule has 1 aromatic rings. The Morgan fingerprint density at radius 2 is 1.15 bits per heavy atom. The van der Waals surface area contributed by atoms with Crippen molar-refractivity contribution in [3.8, 4) is 5.75 Å². The molecule has 0 spiro atoms. The Balaban J connectivity index is 3.30. The lowest BCUT2D eigenvalue weighted by Crippen LogP contribution is -2.27. The zero-order valence-corrected chi connectivity index (χ0v) is 9.68. The first-order valence-electron chi connectivity index (χ1n) is 4.36. The molecule has 0 amide bonds. The zero-order chi connectivity index (χ0) is 15.9. The van der Waals surface area contributed by atoms with E-state index in [0.717, 1.165) is 0 Å². The van der Waals surface area contributed by atoms with Crippen molar-refractivity contribution in [2.45, 2.75) is 6.18 Å². The fraction of sp³-hybridized carbons (Fsp3) is 0.250. The highest BCUT2D eigenvalue weighted by Gasteiger charge is 2.38. The van der Waals surface area contributed by atoms with Gasteiger partial charge < -0.3 is 4.18 Å². The summed E-state index contributed by atoms with van der Waals surface area (Å²) in [5.41, 5.74) is 0. The van der Waals surface area contributed by atoms with Crippen molar-refractivity contribution in [3.63, 3.8) is 0 Å². The molecule has 114 valence electrons. The minimum absolute atomic E-state index is 2.33. The van der Waals surface area contributed by atoms with Crippen molar-refractivity contribution in [2.75, 3.05) is 5.75 Å². The van der Waals surface area contributed by atoms with Gasteiger partial charge in [-0.25, -0.2) is 13.2 Å². The van der Waals surface area contributed by atoms with Gasteiger partial charge in [0.05, 0.1) is 0 Å². The Labute approximate surface area is 105 Å². The maximum atomic E-state index is 13.0. The summed E-state index contributed by atoms with van der Waals surface area (Å²) in [5.74, 6) is -18.1. The Morgan fingerprint density at radius 1 is 0.800 bits per heavy atom. The molecule has 0 N–H and O–H groups in total. The third-order valence-corrected chi connectivity index (χ3v) is 2.82. The molecule has 0 aliphatic heterocycles. The van der Waals surface area contributed by atoms with Gasteiger partial charge in [-0.3, -0.25) is 0 Å². The number of hydrogen-bond acceptors (Lipinski definition) is 3. The van der Waals surface area contributed by atoms with Gasteiger partial charge in [0.1, 0.15) is 0 Å². The van der Waals surface area contributed by atoms with E-state index in [4.69, 9.17) is 0 Å². The minimum Gasteiger partial charge on any atom is -0.376 e. The fourth-order valence-corrected chi connectivity index (χ4v) is 1.87. The number of alkyl halides is 3. The van der Waals surface area contributed by atoms with Crippen molar-refractivity contribution >= 4 is 10.1 Å². The van der Waals surface area contributed by atoms with Gasteiger partial charge in [0.15, 0.2) is 5.75 Å². The summed E-state index contributed by atoms with van der Waals surface area (Å²) < 4.78 is 124. The molecule has 0 atom stereocenters. The molecule has 0 heterocycles. The first-order valence-corrected chi connectivity index (χ1v) is 5.94. The molecule has 0 saturated heterocycles. The Hall–Kier alpha value is -1.59. The SMILES string of the molecule is O=S(=O)(CC(F)(F)F)Oc1c(F)c(F)c(F)c(F)c1F. The summed E-state index contributed by atoms with van der Waals surface area (Å²) >= 11 is 0. The molecule has 0 aliphatic rings. The average Bonchev–Trinajstić information content (AvgIpc) is 2.26. The lowest BCUT2D eigenvalue weighted by atomic mass is 10.3. The highest BCUT2D eigenvalue weighted by Crippen LogP contribution is 2.31. The topological polar surface area (TPSA) is 43.4 Å². The van der Waals surface area contributed by atoms with Crippen LogP contribution in [0.15, 0.2) is 0 Å². The lowest BCUT2D eigenvalue weighted by molar-refractivity contribution is -0.107. The predicted octanol–water partition coefficient (Wildman–Crippen LogP) is 2.65. The van der Waals surface area contributed by atoms with Crippen LogP contribution in [0.3, 0.4) is 0 Å². The molecule has 12 heteroatoms. The monoisotopic (exact) mass is 330 g/mol. The fourth-order valence-electron chi connectivity index (χ4n) is 1.01. The minimum atomic E-state index is -5.64. The molecule has 0 radical (unpaired) electrons. The normalized spacial score (nSPS) is 12.6. The van der Waals surface area contributed by atoms with Crippen molar-refractivity contribution < 1.29 is 47.7 Å². The molecule has 20 heavy (non-hydrogen) atoms. The predicted molar refractivity (Wildman–Crippen MR) is 46.7 cm³/mol. The van der Waals surface area contributed by atoms with Crippen LogP contribution in [-0.4, -0.2) is 20.3 Å². The first kappa shape index (κ1) is 16.5. The van der Waals surface area contributed by atoms with Gasteiger partial charge in [0.25, 0.3) is 0 Å². The highest BCUT2D eigenvalue weighted by atomic mass is 32.2. The van der Waals surface area contributed by atoms with E-state index in [9.17, 15) is 43.5 Å². The van der Waals surface area contributed by atoms with E-state index in [1.807, 2.05) is 0 Å². The van der Waals surface area contributed by atoms with Crippen LogP contribution in [0.1, 0.15) is 0 Å². The zero-order valence-electron chi connectivity index (χ0n) is 8.86. The van der Waals surface area contributed by atoms with E-state index in [-0.39, 0.29) is 0 Å². The summed E-state index contributed by atoms with van der Waals surface area (Å²) in [4.78, 5) is 0. The van der Waals surface area contributed by atoms with Gasteiger partial charge in [-0.2, -0.15) is 30.4 Å². The summed E-state index contributed by atoms with van der Waals surface area (Å²) in [5, 5.41) is 0. The number of hydrogen-bond donors (Lipinski definition) is 0. The third kappa shape index (κ3) is 3.49. The average molecular weight is 330 g/mol. The van der Waals surface area contributed by atoms with Crippen LogP contribution in [-0.2, 0) is 10.1 Å². The van der Waals surface area contributed by atoms with Crippen molar-refractivity contribution in [1.29, 1.82) is 0 Å².